The number of rotatable bonds is 36. The summed E-state index contributed by atoms with van der Waals surface area (Å²) in [5, 5.41) is 25.3. The van der Waals surface area contributed by atoms with Gasteiger partial charge in [-0.15, -0.1) is 0 Å². The molecule has 0 bridgehead atoms. The van der Waals surface area contributed by atoms with Crippen molar-refractivity contribution >= 4 is 17.9 Å². The van der Waals surface area contributed by atoms with E-state index in [-0.39, 0.29) is 0 Å². The highest BCUT2D eigenvalue weighted by molar-refractivity contribution is 5.67. The lowest BCUT2D eigenvalue weighted by Gasteiger charge is -2.03. The van der Waals surface area contributed by atoms with Crippen LogP contribution < -0.4 is 0 Å². The van der Waals surface area contributed by atoms with E-state index in [2.05, 4.69) is 20.8 Å². The van der Waals surface area contributed by atoms with Crippen molar-refractivity contribution in [3.8, 4) is 0 Å². The van der Waals surface area contributed by atoms with Gasteiger partial charge in [0.05, 0.1) is 0 Å². The van der Waals surface area contributed by atoms with Crippen LogP contribution in [0.1, 0.15) is 252 Å². The SMILES string of the molecule is CCCCCCCCCCCC(=O)O.CCCCCCCCCCCC(=O)O.CCCCCCCCCCCCCCCCCC(=O)O. The van der Waals surface area contributed by atoms with Crippen LogP contribution in [-0.4, -0.2) is 33.2 Å². The van der Waals surface area contributed by atoms with Crippen LogP contribution in [0.5, 0.6) is 0 Å². The molecular weight excluding hydrogens is 600 g/mol. The standard InChI is InChI=1S/C18H36O2.2C12H24O2/c1-2-3-4-5-6-7-8-9-10-11-12-13-14-15-16-17-18(19)20;2*1-2-3-4-5-6-7-8-9-10-11-12(13)14/h2-17H2,1H3,(H,19,20);2*2-11H2,1H3,(H,13,14). The van der Waals surface area contributed by atoms with Gasteiger partial charge < -0.3 is 15.3 Å². The summed E-state index contributed by atoms with van der Waals surface area (Å²) in [7, 11) is 0. The average Bonchev–Trinajstić information content (AvgIpc) is 3.05. The first-order valence-corrected chi connectivity index (χ1v) is 21.0. The molecule has 0 spiro atoms. The van der Waals surface area contributed by atoms with E-state index in [0.717, 1.165) is 38.5 Å². The molecule has 288 valence electrons. The summed E-state index contributed by atoms with van der Waals surface area (Å²) in [6.45, 7) is 6.73. The Kier molecular flexibility index (Phi) is 50.3. The van der Waals surface area contributed by atoms with Gasteiger partial charge in [0.2, 0.25) is 0 Å². The molecule has 0 heterocycles. The van der Waals surface area contributed by atoms with Gasteiger partial charge in [-0.25, -0.2) is 0 Å². The van der Waals surface area contributed by atoms with E-state index >= 15 is 0 Å². The topological polar surface area (TPSA) is 112 Å². The van der Waals surface area contributed by atoms with Gasteiger partial charge >= 0.3 is 17.9 Å². The second-order valence-corrected chi connectivity index (χ2v) is 14.0. The highest BCUT2D eigenvalue weighted by atomic mass is 16.4. The lowest BCUT2D eigenvalue weighted by atomic mass is 10.0. The zero-order valence-electron chi connectivity index (χ0n) is 32.5. The van der Waals surface area contributed by atoms with Crippen LogP contribution in [0.2, 0.25) is 0 Å². The highest BCUT2D eigenvalue weighted by Gasteiger charge is 1.99. The summed E-state index contributed by atoms with van der Waals surface area (Å²) >= 11 is 0. The fraction of sp³-hybridized carbons (Fsp3) is 0.929. The second kappa shape index (κ2) is 47.5. The molecule has 0 aliphatic rings. The smallest absolute Gasteiger partial charge is 0.303 e. The molecule has 0 saturated heterocycles. The molecule has 0 rings (SSSR count). The molecule has 0 fully saturated rings. The second-order valence-electron chi connectivity index (χ2n) is 14.0. The Labute approximate surface area is 299 Å². The Hall–Kier alpha value is -1.59. The molecule has 6 heteroatoms. The quantitative estimate of drug-likeness (QED) is 0.0566. The van der Waals surface area contributed by atoms with Gasteiger partial charge in [0.25, 0.3) is 0 Å². The maximum absolute atomic E-state index is 10.3. The van der Waals surface area contributed by atoms with Crippen molar-refractivity contribution in [1.82, 2.24) is 0 Å². The Morgan fingerprint density at radius 1 is 0.250 bits per heavy atom. The highest BCUT2D eigenvalue weighted by Crippen LogP contribution is 2.14. The summed E-state index contributed by atoms with van der Waals surface area (Å²) in [6.07, 6.45) is 43.2. The molecule has 0 aromatic rings. The van der Waals surface area contributed by atoms with E-state index in [1.165, 1.54) is 173 Å². The third kappa shape index (κ3) is 59.8. The molecule has 0 aromatic heterocycles. The summed E-state index contributed by atoms with van der Waals surface area (Å²) in [4.78, 5) is 30.7. The number of carboxylic acid groups (broad SMARTS) is 3. The van der Waals surface area contributed by atoms with Gasteiger partial charge in [0.1, 0.15) is 0 Å². The first-order valence-electron chi connectivity index (χ1n) is 21.0. The predicted molar refractivity (Wildman–Crippen MR) is 206 cm³/mol. The number of hydrogen-bond donors (Lipinski definition) is 3. The van der Waals surface area contributed by atoms with E-state index in [4.69, 9.17) is 15.3 Å². The first-order chi connectivity index (χ1) is 23.3. The van der Waals surface area contributed by atoms with Crippen LogP contribution in [0.15, 0.2) is 0 Å². The zero-order chi connectivity index (χ0) is 36.2. The summed E-state index contributed by atoms with van der Waals surface area (Å²) in [6, 6.07) is 0. The third-order valence-electron chi connectivity index (χ3n) is 8.98. The number of hydrogen-bond acceptors (Lipinski definition) is 3. The van der Waals surface area contributed by atoms with Crippen molar-refractivity contribution in [1.29, 1.82) is 0 Å². The Morgan fingerprint density at radius 2 is 0.375 bits per heavy atom. The molecule has 0 saturated carbocycles. The maximum Gasteiger partial charge on any atom is 0.303 e. The van der Waals surface area contributed by atoms with Crippen molar-refractivity contribution in [3.05, 3.63) is 0 Å². The molecular formula is C42H84O6. The van der Waals surface area contributed by atoms with Crippen LogP contribution in [0.4, 0.5) is 0 Å². The zero-order valence-corrected chi connectivity index (χ0v) is 32.5. The number of aliphatic carboxylic acids is 3. The molecule has 0 amide bonds. The van der Waals surface area contributed by atoms with Crippen LogP contribution in [-0.2, 0) is 14.4 Å². The molecule has 0 radical (unpaired) electrons. The fourth-order valence-electron chi connectivity index (χ4n) is 5.82. The van der Waals surface area contributed by atoms with E-state index in [0.29, 0.717) is 19.3 Å². The van der Waals surface area contributed by atoms with Gasteiger partial charge in [-0.3, -0.25) is 14.4 Å². The summed E-state index contributed by atoms with van der Waals surface area (Å²) in [5.41, 5.74) is 0. The number of unbranched alkanes of at least 4 members (excludes halogenated alkanes) is 30. The number of carboxylic acids is 3. The predicted octanol–water partition coefficient (Wildman–Crippen LogP) is 14.3. The average molecular weight is 685 g/mol. The molecule has 48 heavy (non-hydrogen) atoms. The van der Waals surface area contributed by atoms with Crippen molar-refractivity contribution in [2.45, 2.75) is 252 Å². The van der Waals surface area contributed by atoms with Crippen LogP contribution >= 0.6 is 0 Å². The van der Waals surface area contributed by atoms with E-state index in [1.807, 2.05) is 0 Å². The van der Waals surface area contributed by atoms with Crippen LogP contribution in [0.25, 0.3) is 0 Å². The molecule has 0 aromatic carbocycles. The van der Waals surface area contributed by atoms with Gasteiger partial charge in [-0.1, -0.05) is 213 Å². The Bertz CT molecular complexity index is 604. The van der Waals surface area contributed by atoms with Gasteiger partial charge in [-0.05, 0) is 19.3 Å². The molecule has 6 nitrogen and oxygen atoms in total. The largest absolute Gasteiger partial charge is 0.481 e. The lowest BCUT2D eigenvalue weighted by molar-refractivity contribution is -0.138. The lowest BCUT2D eigenvalue weighted by Crippen LogP contribution is -1.93. The third-order valence-corrected chi connectivity index (χ3v) is 8.98. The number of carbonyl (C=O) groups is 3. The van der Waals surface area contributed by atoms with Gasteiger partial charge in [-0.2, -0.15) is 0 Å². The summed E-state index contributed by atoms with van der Waals surface area (Å²) in [5.74, 6) is -1.97. The van der Waals surface area contributed by atoms with Crippen LogP contribution in [0, 0.1) is 0 Å². The van der Waals surface area contributed by atoms with Gasteiger partial charge in [0.15, 0.2) is 0 Å². The molecule has 0 unspecified atom stereocenters. The summed E-state index contributed by atoms with van der Waals surface area (Å²) < 4.78 is 0. The molecule has 0 aliphatic heterocycles. The van der Waals surface area contributed by atoms with E-state index in [9.17, 15) is 14.4 Å². The Morgan fingerprint density at radius 3 is 0.500 bits per heavy atom. The van der Waals surface area contributed by atoms with E-state index in [1.54, 1.807) is 0 Å². The maximum atomic E-state index is 10.3. The minimum atomic E-state index is -0.659. The van der Waals surface area contributed by atoms with E-state index < -0.39 is 17.9 Å². The molecule has 0 aliphatic carbocycles. The molecule has 0 atom stereocenters. The fourth-order valence-corrected chi connectivity index (χ4v) is 5.82. The first kappa shape index (κ1) is 50.8. The van der Waals surface area contributed by atoms with Crippen molar-refractivity contribution in [2.24, 2.45) is 0 Å². The Balaban J connectivity index is -0.000000649. The molecule has 3 N–H and O–H groups in total. The minimum Gasteiger partial charge on any atom is -0.481 e. The normalized spacial score (nSPS) is 10.6. The minimum absolute atomic E-state index is 0.343. The van der Waals surface area contributed by atoms with Crippen molar-refractivity contribution in [2.75, 3.05) is 0 Å². The van der Waals surface area contributed by atoms with Crippen LogP contribution in [0.3, 0.4) is 0 Å². The van der Waals surface area contributed by atoms with Crippen molar-refractivity contribution in [3.63, 3.8) is 0 Å². The van der Waals surface area contributed by atoms with Crippen molar-refractivity contribution < 1.29 is 29.7 Å². The van der Waals surface area contributed by atoms with Gasteiger partial charge in [0, 0.05) is 19.3 Å². The monoisotopic (exact) mass is 685 g/mol.